The molecule has 1 N–H and O–H groups in total. The molecule has 2 aromatic carbocycles. The van der Waals surface area contributed by atoms with Gasteiger partial charge in [0.05, 0.1) is 11.9 Å². The SMILES string of the molecule is Cc1ccc(-n2c(SCC(=O)Nc3cccc(C)c3C)nnc2-c2cnccn2)cc1. The molecule has 8 heteroatoms. The quantitative estimate of drug-likeness (QED) is 0.457. The van der Waals surface area contributed by atoms with Crippen LogP contribution in [-0.2, 0) is 4.79 Å². The van der Waals surface area contributed by atoms with Crippen molar-refractivity contribution in [2.45, 2.75) is 25.9 Å². The van der Waals surface area contributed by atoms with Gasteiger partial charge < -0.3 is 5.32 Å². The molecular formula is C23H22N6OS. The van der Waals surface area contributed by atoms with Gasteiger partial charge in [0.2, 0.25) is 5.91 Å². The minimum absolute atomic E-state index is 0.0989. The number of aryl methyl sites for hydroxylation is 2. The summed E-state index contributed by atoms with van der Waals surface area (Å²) in [4.78, 5) is 21.1. The van der Waals surface area contributed by atoms with Gasteiger partial charge in [-0.05, 0) is 50.1 Å². The summed E-state index contributed by atoms with van der Waals surface area (Å²) in [6, 6.07) is 13.9. The van der Waals surface area contributed by atoms with E-state index < -0.39 is 0 Å². The largest absolute Gasteiger partial charge is 0.325 e. The molecule has 0 aliphatic heterocycles. The van der Waals surface area contributed by atoms with Crippen LogP contribution in [-0.4, -0.2) is 36.4 Å². The second kappa shape index (κ2) is 9.09. The fraction of sp³-hybridized carbons (Fsp3) is 0.174. The van der Waals surface area contributed by atoms with Gasteiger partial charge in [-0.25, -0.2) is 4.98 Å². The molecule has 0 fully saturated rings. The van der Waals surface area contributed by atoms with Gasteiger partial charge in [-0.2, -0.15) is 0 Å². The van der Waals surface area contributed by atoms with E-state index >= 15 is 0 Å². The molecule has 1 amide bonds. The Morgan fingerprint density at radius 2 is 1.84 bits per heavy atom. The second-order valence-electron chi connectivity index (χ2n) is 7.15. The average Bonchev–Trinajstić information content (AvgIpc) is 3.21. The lowest BCUT2D eigenvalue weighted by Crippen LogP contribution is -2.15. The summed E-state index contributed by atoms with van der Waals surface area (Å²) in [6.07, 6.45) is 4.88. The summed E-state index contributed by atoms with van der Waals surface area (Å²) >= 11 is 1.33. The summed E-state index contributed by atoms with van der Waals surface area (Å²) in [6.45, 7) is 6.06. The number of thioether (sulfide) groups is 1. The number of amides is 1. The second-order valence-corrected chi connectivity index (χ2v) is 8.09. The monoisotopic (exact) mass is 430 g/mol. The van der Waals surface area contributed by atoms with Gasteiger partial charge in [-0.3, -0.25) is 14.3 Å². The zero-order valence-corrected chi connectivity index (χ0v) is 18.3. The van der Waals surface area contributed by atoms with Crippen molar-refractivity contribution in [1.82, 2.24) is 24.7 Å². The van der Waals surface area contributed by atoms with Crippen LogP contribution >= 0.6 is 11.8 Å². The van der Waals surface area contributed by atoms with Crippen molar-refractivity contribution in [1.29, 1.82) is 0 Å². The first-order chi connectivity index (χ1) is 15.0. The first-order valence-electron chi connectivity index (χ1n) is 9.80. The van der Waals surface area contributed by atoms with Gasteiger partial charge in [-0.15, -0.1) is 10.2 Å². The summed E-state index contributed by atoms with van der Waals surface area (Å²) in [5, 5.41) is 12.3. The van der Waals surface area contributed by atoms with Gasteiger partial charge in [-0.1, -0.05) is 41.6 Å². The maximum Gasteiger partial charge on any atom is 0.234 e. The number of benzene rings is 2. The number of rotatable bonds is 6. The molecule has 0 saturated carbocycles. The maximum atomic E-state index is 12.6. The van der Waals surface area contributed by atoms with Gasteiger partial charge in [0.25, 0.3) is 0 Å². The van der Waals surface area contributed by atoms with Gasteiger partial charge in [0.15, 0.2) is 11.0 Å². The van der Waals surface area contributed by atoms with Gasteiger partial charge in [0.1, 0.15) is 5.69 Å². The molecule has 0 radical (unpaired) electrons. The third-order valence-electron chi connectivity index (χ3n) is 4.93. The molecule has 2 heterocycles. The zero-order valence-electron chi connectivity index (χ0n) is 17.5. The molecule has 0 aliphatic rings. The zero-order chi connectivity index (χ0) is 21.8. The van der Waals surface area contributed by atoms with Crippen LogP contribution < -0.4 is 5.32 Å². The molecule has 0 aliphatic carbocycles. The Hall–Kier alpha value is -3.52. The Balaban J connectivity index is 1.59. The molecule has 4 aromatic rings. The van der Waals surface area contributed by atoms with E-state index in [1.807, 2.05) is 67.8 Å². The van der Waals surface area contributed by atoms with Crippen LogP contribution in [0.25, 0.3) is 17.2 Å². The number of nitrogens with one attached hydrogen (secondary N) is 1. The maximum absolute atomic E-state index is 12.6. The average molecular weight is 431 g/mol. The molecule has 0 spiro atoms. The molecule has 0 atom stereocenters. The van der Waals surface area contributed by atoms with E-state index in [0.29, 0.717) is 16.7 Å². The Labute approximate surface area is 185 Å². The van der Waals surface area contributed by atoms with Gasteiger partial charge in [0, 0.05) is 23.8 Å². The van der Waals surface area contributed by atoms with Crippen LogP contribution in [0.15, 0.2) is 66.2 Å². The van der Waals surface area contributed by atoms with E-state index in [2.05, 4.69) is 25.5 Å². The highest BCUT2D eigenvalue weighted by Crippen LogP contribution is 2.27. The smallest absolute Gasteiger partial charge is 0.234 e. The van der Waals surface area contributed by atoms with E-state index in [1.54, 1.807) is 18.6 Å². The standard InChI is InChI=1S/C23H22N6OS/c1-15-7-9-18(10-8-15)29-22(20-13-24-11-12-25-20)27-28-23(29)31-14-21(30)26-19-6-4-5-16(2)17(19)3/h4-13H,14H2,1-3H3,(H,26,30). The summed E-state index contributed by atoms with van der Waals surface area (Å²) in [5.74, 6) is 0.685. The van der Waals surface area contributed by atoms with Crippen molar-refractivity contribution in [2.75, 3.05) is 11.1 Å². The normalized spacial score (nSPS) is 10.8. The van der Waals surface area contributed by atoms with E-state index in [1.165, 1.54) is 11.8 Å². The van der Waals surface area contributed by atoms with E-state index in [4.69, 9.17) is 0 Å². The van der Waals surface area contributed by atoms with E-state index in [-0.39, 0.29) is 11.7 Å². The number of aromatic nitrogens is 5. The third-order valence-corrected chi connectivity index (χ3v) is 5.86. The molecule has 0 saturated heterocycles. The van der Waals surface area contributed by atoms with Crippen LogP contribution in [0, 0.1) is 20.8 Å². The van der Waals surface area contributed by atoms with Crippen molar-refractivity contribution in [2.24, 2.45) is 0 Å². The van der Waals surface area contributed by atoms with E-state index in [0.717, 1.165) is 28.1 Å². The molecule has 7 nitrogen and oxygen atoms in total. The fourth-order valence-corrected chi connectivity index (χ4v) is 3.83. The molecule has 2 aromatic heterocycles. The molecule has 0 unspecified atom stereocenters. The molecular weight excluding hydrogens is 408 g/mol. The molecule has 156 valence electrons. The lowest BCUT2D eigenvalue weighted by molar-refractivity contribution is -0.113. The Bertz CT molecular complexity index is 1200. The van der Waals surface area contributed by atoms with Crippen LogP contribution in [0.2, 0.25) is 0 Å². The predicted octanol–water partition coefficient (Wildman–Crippen LogP) is 4.38. The number of carbonyl (C=O) groups excluding carboxylic acids is 1. The lowest BCUT2D eigenvalue weighted by Gasteiger charge is -2.11. The predicted molar refractivity (Wildman–Crippen MR) is 122 cm³/mol. The molecule has 0 bridgehead atoms. The lowest BCUT2D eigenvalue weighted by atomic mass is 10.1. The Morgan fingerprint density at radius 1 is 1.03 bits per heavy atom. The van der Waals surface area contributed by atoms with E-state index in [9.17, 15) is 4.79 Å². The van der Waals surface area contributed by atoms with Crippen LogP contribution in [0.5, 0.6) is 0 Å². The van der Waals surface area contributed by atoms with Crippen molar-refractivity contribution in [3.05, 3.63) is 77.7 Å². The third kappa shape index (κ3) is 4.64. The number of hydrogen-bond acceptors (Lipinski definition) is 6. The minimum atomic E-state index is -0.0989. The minimum Gasteiger partial charge on any atom is -0.325 e. The first-order valence-corrected chi connectivity index (χ1v) is 10.8. The topological polar surface area (TPSA) is 85.6 Å². The first kappa shape index (κ1) is 20.7. The van der Waals surface area contributed by atoms with Crippen molar-refractivity contribution in [3.8, 4) is 17.2 Å². The van der Waals surface area contributed by atoms with Crippen molar-refractivity contribution in [3.63, 3.8) is 0 Å². The number of anilines is 1. The van der Waals surface area contributed by atoms with Crippen molar-refractivity contribution < 1.29 is 4.79 Å². The number of carbonyl (C=O) groups is 1. The fourth-order valence-electron chi connectivity index (χ4n) is 3.07. The van der Waals surface area contributed by atoms with Crippen molar-refractivity contribution >= 4 is 23.4 Å². The van der Waals surface area contributed by atoms with Crippen LogP contribution in [0.3, 0.4) is 0 Å². The summed E-state index contributed by atoms with van der Waals surface area (Å²) in [7, 11) is 0. The van der Waals surface area contributed by atoms with Crippen LogP contribution in [0.4, 0.5) is 5.69 Å². The molecule has 4 rings (SSSR count). The van der Waals surface area contributed by atoms with Gasteiger partial charge >= 0.3 is 0 Å². The molecule has 31 heavy (non-hydrogen) atoms. The Morgan fingerprint density at radius 3 is 2.58 bits per heavy atom. The highest BCUT2D eigenvalue weighted by molar-refractivity contribution is 7.99. The number of nitrogens with zero attached hydrogens (tertiary/aromatic N) is 5. The highest BCUT2D eigenvalue weighted by atomic mass is 32.2. The summed E-state index contributed by atoms with van der Waals surface area (Å²) < 4.78 is 1.90. The highest BCUT2D eigenvalue weighted by Gasteiger charge is 2.18. The Kier molecular flexibility index (Phi) is 6.08. The summed E-state index contributed by atoms with van der Waals surface area (Å²) in [5.41, 5.74) is 5.69. The number of hydrogen-bond donors (Lipinski definition) is 1. The van der Waals surface area contributed by atoms with Crippen LogP contribution in [0.1, 0.15) is 16.7 Å².